The Labute approximate surface area is 129 Å². The zero-order valence-corrected chi connectivity index (χ0v) is 12.9. The molecule has 0 saturated carbocycles. The molecule has 4 rings (SSSR count). The predicted octanol–water partition coefficient (Wildman–Crippen LogP) is 3.81. The van der Waals surface area contributed by atoms with E-state index in [0.29, 0.717) is 5.92 Å². The maximum Gasteiger partial charge on any atom is 0.157 e. The van der Waals surface area contributed by atoms with Crippen LogP contribution in [0.5, 0.6) is 0 Å². The van der Waals surface area contributed by atoms with Gasteiger partial charge in [0.05, 0.1) is 6.61 Å². The molecule has 4 nitrogen and oxygen atoms in total. The highest BCUT2D eigenvalue weighted by molar-refractivity contribution is 6.05. The van der Waals surface area contributed by atoms with Crippen LogP contribution in [0.3, 0.4) is 0 Å². The summed E-state index contributed by atoms with van der Waals surface area (Å²) in [6, 6.07) is 6.23. The summed E-state index contributed by atoms with van der Waals surface area (Å²) in [4.78, 5) is 4.57. The highest BCUT2D eigenvalue weighted by atomic mass is 16.5. The minimum atomic E-state index is -0.0683. The van der Waals surface area contributed by atoms with Crippen LogP contribution in [0.4, 0.5) is 0 Å². The molecule has 114 valence electrons. The van der Waals surface area contributed by atoms with Gasteiger partial charge in [-0.25, -0.2) is 0 Å². The molecule has 4 heteroatoms. The van der Waals surface area contributed by atoms with Crippen LogP contribution in [0.1, 0.15) is 42.0 Å². The molecule has 0 aliphatic carbocycles. The van der Waals surface area contributed by atoms with Crippen LogP contribution in [0.15, 0.2) is 28.8 Å². The zero-order valence-electron chi connectivity index (χ0n) is 12.9. The van der Waals surface area contributed by atoms with Crippen molar-refractivity contribution in [2.75, 3.05) is 13.2 Å². The van der Waals surface area contributed by atoms with Crippen LogP contribution in [0.2, 0.25) is 0 Å². The molecule has 1 aliphatic rings. The number of furan rings is 1. The molecule has 3 heterocycles. The minimum Gasteiger partial charge on any atom is -0.454 e. The average molecular weight is 296 g/mol. The molecule has 2 atom stereocenters. The Kier molecular flexibility index (Phi) is 3.17. The molecule has 3 aromatic rings. The molecule has 2 aromatic heterocycles. The van der Waals surface area contributed by atoms with Gasteiger partial charge in [-0.2, -0.15) is 0 Å². The van der Waals surface area contributed by atoms with E-state index in [-0.39, 0.29) is 6.04 Å². The summed E-state index contributed by atoms with van der Waals surface area (Å²) in [5, 5.41) is 1.06. The number of hydrogen-bond donors (Lipinski definition) is 1. The Hall–Kier alpha value is -1.91. The number of benzene rings is 1. The fraction of sp³-hybridized carbons (Fsp3) is 0.389. The summed E-state index contributed by atoms with van der Waals surface area (Å²) in [5.74, 6) is 0.394. The van der Waals surface area contributed by atoms with Crippen molar-refractivity contribution in [1.82, 2.24) is 4.98 Å². The Morgan fingerprint density at radius 3 is 2.91 bits per heavy atom. The Morgan fingerprint density at radius 1 is 1.32 bits per heavy atom. The number of hydrogen-bond acceptors (Lipinski definition) is 4. The standard InChI is InChI=1S/C18H20N2O2/c1-10-7-14(11(2)19)17-15(8-10)16-18(22-17)13(3-5-20-16)12-4-6-21-9-12/h3,5,7-8,11-12H,4,6,9,19H2,1-2H3. The van der Waals surface area contributed by atoms with E-state index < -0.39 is 0 Å². The summed E-state index contributed by atoms with van der Waals surface area (Å²) in [6.45, 7) is 5.65. The maximum absolute atomic E-state index is 6.25. The van der Waals surface area contributed by atoms with Crippen molar-refractivity contribution < 1.29 is 9.15 Å². The van der Waals surface area contributed by atoms with Crippen LogP contribution in [0, 0.1) is 6.92 Å². The van der Waals surface area contributed by atoms with Crippen molar-refractivity contribution >= 4 is 22.1 Å². The van der Waals surface area contributed by atoms with E-state index in [1.807, 2.05) is 13.1 Å². The van der Waals surface area contributed by atoms with E-state index in [1.165, 1.54) is 11.1 Å². The molecule has 0 spiro atoms. The molecule has 0 amide bonds. The molecule has 2 N–H and O–H groups in total. The molecule has 1 saturated heterocycles. The van der Waals surface area contributed by atoms with Gasteiger partial charge < -0.3 is 14.9 Å². The van der Waals surface area contributed by atoms with Crippen LogP contribution < -0.4 is 5.73 Å². The molecule has 1 aromatic carbocycles. The first-order valence-corrected chi connectivity index (χ1v) is 7.80. The highest BCUT2D eigenvalue weighted by Crippen LogP contribution is 2.38. The Balaban J connectivity index is 2.04. The first-order chi connectivity index (χ1) is 10.6. The molecule has 22 heavy (non-hydrogen) atoms. The van der Waals surface area contributed by atoms with Crippen molar-refractivity contribution in [2.45, 2.75) is 32.2 Å². The van der Waals surface area contributed by atoms with E-state index >= 15 is 0 Å². The summed E-state index contributed by atoms with van der Waals surface area (Å²) in [6.07, 6.45) is 2.91. The van der Waals surface area contributed by atoms with Gasteiger partial charge in [-0.1, -0.05) is 6.07 Å². The number of pyridine rings is 1. The lowest BCUT2D eigenvalue weighted by molar-refractivity contribution is 0.194. The van der Waals surface area contributed by atoms with E-state index in [0.717, 1.165) is 47.3 Å². The Morgan fingerprint density at radius 2 is 2.18 bits per heavy atom. The first-order valence-electron chi connectivity index (χ1n) is 7.80. The maximum atomic E-state index is 6.25. The number of rotatable bonds is 2. The van der Waals surface area contributed by atoms with Crippen LogP contribution in [-0.4, -0.2) is 18.2 Å². The summed E-state index contributed by atoms with van der Waals surface area (Å²) in [5.41, 5.74) is 12.2. The highest BCUT2D eigenvalue weighted by Gasteiger charge is 2.24. The van der Waals surface area contributed by atoms with Crippen LogP contribution >= 0.6 is 0 Å². The van der Waals surface area contributed by atoms with Crippen molar-refractivity contribution in [3.8, 4) is 0 Å². The van der Waals surface area contributed by atoms with Gasteiger partial charge in [-0.3, -0.25) is 4.98 Å². The van der Waals surface area contributed by atoms with Gasteiger partial charge in [0.2, 0.25) is 0 Å². The Bertz CT molecular complexity index is 845. The molecule has 0 bridgehead atoms. The van der Waals surface area contributed by atoms with Crippen molar-refractivity contribution in [2.24, 2.45) is 5.73 Å². The molecule has 1 aliphatic heterocycles. The fourth-order valence-corrected chi connectivity index (χ4v) is 3.39. The topological polar surface area (TPSA) is 61.3 Å². The number of aromatic nitrogens is 1. The van der Waals surface area contributed by atoms with Gasteiger partial charge in [-0.15, -0.1) is 0 Å². The summed E-state index contributed by atoms with van der Waals surface area (Å²) >= 11 is 0. The second kappa shape index (κ2) is 5.07. The molecule has 0 radical (unpaired) electrons. The lowest BCUT2D eigenvalue weighted by atomic mass is 9.98. The van der Waals surface area contributed by atoms with Crippen molar-refractivity contribution in [1.29, 1.82) is 0 Å². The number of nitrogens with zero attached hydrogens (tertiary/aromatic N) is 1. The molecular weight excluding hydrogens is 276 g/mol. The van der Waals surface area contributed by atoms with E-state index in [9.17, 15) is 0 Å². The lowest BCUT2D eigenvalue weighted by Crippen LogP contribution is -2.05. The molecular formula is C18H20N2O2. The quantitative estimate of drug-likeness (QED) is 0.781. The number of ether oxygens (including phenoxy) is 1. The van der Waals surface area contributed by atoms with Crippen LogP contribution in [0.25, 0.3) is 22.1 Å². The normalized spacial score (nSPS) is 20.0. The van der Waals surface area contributed by atoms with E-state index in [2.05, 4.69) is 30.1 Å². The van der Waals surface area contributed by atoms with Crippen LogP contribution in [-0.2, 0) is 4.74 Å². The van der Waals surface area contributed by atoms with Gasteiger partial charge in [0.25, 0.3) is 0 Å². The largest absolute Gasteiger partial charge is 0.454 e. The fourth-order valence-electron chi connectivity index (χ4n) is 3.39. The zero-order chi connectivity index (χ0) is 15.3. The van der Waals surface area contributed by atoms with E-state index in [4.69, 9.17) is 14.9 Å². The monoisotopic (exact) mass is 296 g/mol. The van der Waals surface area contributed by atoms with E-state index in [1.54, 1.807) is 0 Å². The van der Waals surface area contributed by atoms with Gasteiger partial charge in [0.15, 0.2) is 5.58 Å². The number of aryl methyl sites for hydroxylation is 1. The average Bonchev–Trinajstić information content (AvgIpc) is 3.13. The lowest BCUT2D eigenvalue weighted by Gasteiger charge is -2.07. The smallest absolute Gasteiger partial charge is 0.157 e. The number of nitrogens with two attached hydrogens (primary N) is 1. The van der Waals surface area contributed by atoms with Gasteiger partial charge in [0, 0.05) is 41.3 Å². The van der Waals surface area contributed by atoms with Crippen molar-refractivity contribution in [3.63, 3.8) is 0 Å². The predicted molar refractivity (Wildman–Crippen MR) is 87.0 cm³/mol. The SMILES string of the molecule is Cc1cc(C(C)N)c2oc3c(C4CCOC4)ccnc3c2c1. The van der Waals surface area contributed by atoms with Gasteiger partial charge in [-0.05, 0) is 38.0 Å². The number of fused-ring (bicyclic) bond motifs is 3. The molecule has 1 fully saturated rings. The summed E-state index contributed by atoms with van der Waals surface area (Å²) < 4.78 is 11.8. The molecule has 2 unspecified atom stereocenters. The second-order valence-electron chi connectivity index (χ2n) is 6.26. The third-order valence-corrected chi connectivity index (χ3v) is 4.52. The first kappa shape index (κ1) is 13.7. The van der Waals surface area contributed by atoms with Gasteiger partial charge >= 0.3 is 0 Å². The minimum absolute atomic E-state index is 0.0683. The second-order valence-corrected chi connectivity index (χ2v) is 6.26. The third kappa shape index (κ3) is 2.02. The summed E-state index contributed by atoms with van der Waals surface area (Å²) in [7, 11) is 0. The van der Waals surface area contributed by atoms with Crippen molar-refractivity contribution in [3.05, 3.63) is 41.1 Å². The van der Waals surface area contributed by atoms with Gasteiger partial charge in [0.1, 0.15) is 11.1 Å². The third-order valence-electron chi connectivity index (χ3n) is 4.52.